The molecule has 0 aliphatic carbocycles. The van der Waals surface area contributed by atoms with E-state index >= 15 is 0 Å². The standard InChI is InChI=1S/C10H10N2.C7H10N2/c11-9-5-1-3-7-8(9)4-2-6-10(7)12;8-7(9)6-4-2-1-3-5-6/h1-6H,11-12H2;1-5,7H,8-9H2. The van der Waals surface area contributed by atoms with Crippen molar-refractivity contribution >= 4 is 22.1 Å². The zero-order chi connectivity index (χ0) is 15.2. The van der Waals surface area contributed by atoms with Gasteiger partial charge in [-0.3, -0.25) is 0 Å². The molecule has 0 atom stereocenters. The molecule has 4 heteroatoms. The normalized spacial score (nSPS) is 10.2. The van der Waals surface area contributed by atoms with Crippen molar-refractivity contribution in [2.24, 2.45) is 11.5 Å². The molecule has 0 radical (unpaired) electrons. The molecule has 3 aromatic carbocycles. The molecule has 4 nitrogen and oxygen atoms in total. The number of nitrogens with two attached hydrogens (primary N) is 4. The highest BCUT2D eigenvalue weighted by Gasteiger charge is 1.98. The summed E-state index contributed by atoms with van der Waals surface area (Å²) < 4.78 is 0. The van der Waals surface area contributed by atoms with Crippen molar-refractivity contribution < 1.29 is 0 Å². The average Bonchev–Trinajstić information content (AvgIpc) is 2.50. The van der Waals surface area contributed by atoms with Gasteiger partial charge in [-0.05, 0) is 17.7 Å². The van der Waals surface area contributed by atoms with Crippen LogP contribution in [0, 0.1) is 0 Å². The molecule has 21 heavy (non-hydrogen) atoms. The van der Waals surface area contributed by atoms with Gasteiger partial charge in [0, 0.05) is 22.1 Å². The molecule has 3 rings (SSSR count). The summed E-state index contributed by atoms with van der Waals surface area (Å²) in [6.45, 7) is 0. The monoisotopic (exact) mass is 280 g/mol. The second-order valence-electron chi connectivity index (χ2n) is 4.73. The first-order chi connectivity index (χ1) is 10.1. The highest BCUT2D eigenvalue weighted by molar-refractivity contribution is 5.99. The summed E-state index contributed by atoms with van der Waals surface area (Å²) in [6.07, 6.45) is -0.341. The van der Waals surface area contributed by atoms with E-state index < -0.39 is 0 Å². The van der Waals surface area contributed by atoms with E-state index in [1.54, 1.807) is 0 Å². The third-order valence-electron chi connectivity index (χ3n) is 3.17. The van der Waals surface area contributed by atoms with Crippen LogP contribution in [0.3, 0.4) is 0 Å². The Labute approximate surface area is 124 Å². The number of hydrogen-bond acceptors (Lipinski definition) is 4. The second kappa shape index (κ2) is 6.74. The van der Waals surface area contributed by atoms with Crippen molar-refractivity contribution in [3.05, 3.63) is 72.3 Å². The average molecular weight is 280 g/mol. The second-order valence-corrected chi connectivity index (χ2v) is 4.73. The van der Waals surface area contributed by atoms with Gasteiger partial charge in [-0.15, -0.1) is 0 Å². The van der Waals surface area contributed by atoms with E-state index in [1.807, 2.05) is 66.7 Å². The molecule has 0 spiro atoms. The van der Waals surface area contributed by atoms with Gasteiger partial charge in [0.05, 0.1) is 6.17 Å². The Balaban J connectivity index is 0.000000161. The first kappa shape index (κ1) is 14.8. The van der Waals surface area contributed by atoms with Crippen LogP contribution < -0.4 is 22.9 Å². The Morgan fingerprint density at radius 2 is 1.05 bits per heavy atom. The van der Waals surface area contributed by atoms with Gasteiger partial charge in [0.15, 0.2) is 0 Å². The molecule has 0 saturated heterocycles. The van der Waals surface area contributed by atoms with E-state index in [2.05, 4.69) is 0 Å². The maximum absolute atomic E-state index is 5.77. The van der Waals surface area contributed by atoms with Gasteiger partial charge in [0.1, 0.15) is 0 Å². The molecule has 3 aromatic rings. The van der Waals surface area contributed by atoms with Crippen LogP contribution in [0.15, 0.2) is 66.7 Å². The van der Waals surface area contributed by atoms with Crippen LogP contribution in [-0.4, -0.2) is 0 Å². The van der Waals surface area contributed by atoms with Crippen LogP contribution >= 0.6 is 0 Å². The molecule has 0 amide bonds. The minimum Gasteiger partial charge on any atom is -0.398 e. The van der Waals surface area contributed by atoms with Crippen LogP contribution in [0.2, 0.25) is 0 Å². The molecular weight excluding hydrogens is 260 g/mol. The summed E-state index contributed by atoms with van der Waals surface area (Å²) in [4.78, 5) is 0. The van der Waals surface area contributed by atoms with Gasteiger partial charge in [-0.2, -0.15) is 0 Å². The van der Waals surface area contributed by atoms with E-state index in [1.165, 1.54) is 0 Å². The van der Waals surface area contributed by atoms with Crippen molar-refractivity contribution in [2.45, 2.75) is 6.17 Å². The summed E-state index contributed by atoms with van der Waals surface area (Å²) in [5.74, 6) is 0. The lowest BCUT2D eigenvalue weighted by Gasteiger charge is -2.03. The summed E-state index contributed by atoms with van der Waals surface area (Å²) in [5, 5.41) is 2.05. The third kappa shape index (κ3) is 3.72. The molecule has 8 N–H and O–H groups in total. The van der Waals surface area contributed by atoms with Crippen molar-refractivity contribution in [2.75, 3.05) is 11.5 Å². The zero-order valence-corrected chi connectivity index (χ0v) is 11.7. The molecule has 0 bridgehead atoms. The van der Waals surface area contributed by atoms with Gasteiger partial charge < -0.3 is 22.9 Å². The van der Waals surface area contributed by atoms with Crippen molar-refractivity contribution in [3.8, 4) is 0 Å². The lowest BCUT2D eigenvalue weighted by atomic mass is 10.1. The Hall–Kier alpha value is -2.56. The highest BCUT2D eigenvalue weighted by atomic mass is 14.8. The topological polar surface area (TPSA) is 104 Å². The maximum Gasteiger partial charge on any atom is 0.0784 e. The summed E-state index contributed by atoms with van der Waals surface area (Å²) >= 11 is 0. The van der Waals surface area contributed by atoms with E-state index in [-0.39, 0.29) is 6.17 Å². The Morgan fingerprint density at radius 3 is 1.43 bits per heavy atom. The fourth-order valence-corrected chi connectivity index (χ4v) is 2.03. The summed E-state index contributed by atoms with van der Waals surface area (Å²) in [6, 6.07) is 21.1. The quantitative estimate of drug-likeness (QED) is 0.406. The Bertz CT molecular complexity index is 667. The van der Waals surface area contributed by atoms with Gasteiger partial charge in [-0.1, -0.05) is 54.6 Å². The van der Waals surface area contributed by atoms with Crippen molar-refractivity contribution in [1.29, 1.82) is 0 Å². The van der Waals surface area contributed by atoms with Crippen LogP contribution in [0.5, 0.6) is 0 Å². The minimum absolute atomic E-state index is 0.341. The molecule has 0 fully saturated rings. The largest absolute Gasteiger partial charge is 0.398 e. The van der Waals surface area contributed by atoms with E-state index in [9.17, 15) is 0 Å². The number of anilines is 2. The molecule has 0 aliphatic heterocycles. The molecule has 0 aliphatic rings. The number of rotatable bonds is 1. The van der Waals surface area contributed by atoms with Crippen LogP contribution in [0.25, 0.3) is 10.8 Å². The first-order valence-electron chi connectivity index (χ1n) is 6.68. The third-order valence-corrected chi connectivity index (χ3v) is 3.17. The number of hydrogen-bond donors (Lipinski definition) is 4. The predicted octanol–water partition coefficient (Wildman–Crippen LogP) is 2.61. The van der Waals surface area contributed by atoms with E-state index in [0.29, 0.717) is 0 Å². The molecule has 0 aromatic heterocycles. The van der Waals surface area contributed by atoms with Crippen molar-refractivity contribution in [1.82, 2.24) is 0 Å². The smallest absolute Gasteiger partial charge is 0.0784 e. The minimum atomic E-state index is -0.341. The highest BCUT2D eigenvalue weighted by Crippen LogP contribution is 2.24. The number of fused-ring (bicyclic) bond motifs is 1. The number of nitrogen functional groups attached to an aromatic ring is 2. The maximum atomic E-state index is 5.77. The lowest BCUT2D eigenvalue weighted by Crippen LogP contribution is -2.19. The van der Waals surface area contributed by atoms with Crippen molar-refractivity contribution in [3.63, 3.8) is 0 Å². The van der Waals surface area contributed by atoms with E-state index in [0.717, 1.165) is 27.7 Å². The molecule has 0 saturated carbocycles. The fourth-order valence-electron chi connectivity index (χ4n) is 2.03. The predicted molar refractivity (Wildman–Crippen MR) is 90.3 cm³/mol. The molecule has 108 valence electrons. The molecule has 0 heterocycles. The zero-order valence-electron chi connectivity index (χ0n) is 11.7. The Morgan fingerprint density at radius 1 is 0.571 bits per heavy atom. The van der Waals surface area contributed by atoms with Gasteiger partial charge >= 0.3 is 0 Å². The van der Waals surface area contributed by atoms with Gasteiger partial charge in [0.2, 0.25) is 0 Å². The first-order valence-corrected chi connectivity index (χ1v) is 6.68. The van der Waals surface area contributed by atoms with Gasteiger partial charge in [-0.25, -0.2) is 0 Å². The van der Waals surface area contributed by atoms with Gasteiger partial charge in [0.25, 0.3) is 0 Å². The summed E-state index contributed by atoms with van der Waals surface area (Å²) in [5.41, 5.74) is 24.8. The number of benzene rings is 3. The molecular formula is C17H20N4. The lowest BCUT2D eigenvalue weighted by molar-refractivity contribution is 0.774. The van der Waals surface area contributed by atoms with Crippen LogP contribution in [-0.2, 0) is 0 Å². The van der Waals surface area contributed by atoms with Crippen LogP contribution in [0.1, 0.15) is 11.7 Å². The SMILES string of the molecule is NC(N)c1ccccc1.Nc1cccc2c(N)cccc12. The fraction of sp³-hybridized carbons (Fsp3) is 0.0588. The molecule has 0 unspecified atom stereocenters. The summed E-state index contributed by atoms with van der Waals surface area (Å²) in [7, 11) is 0. The van der Waals surface area contributed by atoms with E-state index in [4.69, 9.17) is 22.9 Å². The Kier molecular flexibility index (Phi) is 4.77. The van der Waals surface area contributed by atoms with Crippen LogP contribution in [0.4, 0.5) is 11.4 Å².